The molecule has 3 N–H and O–H groups in total. The average Bonchev–Trinajstić information content (AvgIpc) is 2.25. The molecule has 1 atom stereocenters. The van der Waals surface area contributed by atoms with Crippen LogP contribution >= 0.6 is 0 Å². The summed E-state index contributed by atoms with van der Waals surface area (Å²) in [5.74, 6) is -1.38. The Morgan fingerprint density at radius 2 is 1.94 bits per heavy atom. The van der Waals surface area contributed by atoms with Crippen molar-refractivity contribution in [3.05, 3.63) is 35.6 Å². The van der Waals surface area contributed by atoms with Crippen molar-refractivity contribution in [3.8, 4) is 0 Å². The van der Waals surface area contributed by atoms with E-state index in [0.717, 1.165) is 0 Å². The van der Waals surface area contributed by atoms with Gasteiger partial charge >= 0.3 is 5.97 Å². The van der Waals surface area contributed by atoms with Gasteiger partial charge < -0.3 is 10.8 Å². The van der Waals surface area contributed by atoms with Crippen LogP contribution in [0.25, 0.3) is 0 Å². The zero-order valence-electron chi connectivity index (χ0n) is 11.0. The zero-order valence-corrected chi connectivity index (χ0v) is 11.0. The second-order valence-electron chi connectivity index (χ2n) is 5.21. The number of carbonyl (C=O) groups is 1. The highest BCUT2D eigenvalue weighted by Crippen LogP contribution is 2.41. The summed E-state index contributed by atoms with van der Waals surface area (Å²) in [4.78, 5) is 11.1. The number of aliphatic carboxylic acids is 1. The normalized spacial score (nSPS) is 15.2. The van der Waals surface area contributed by atoms with Gasteiger partial charge in [0, 0.05) is 11.0 Å². The first kappa shape index (κ1) is 14.6. The number of carboxylic acid groups (broad SMARTS) is 1. The summed E-state index contributed by atoms with van der Waals surface area (Å²) in [7, 11) is 0. The summed E-state index contributed by atoms with van der Waals surface area (Å²) in [6.45, 7) is 5.32. The van der Waals surface area contributed by atoms with Gasteiger partial charge in [0.25, 0.3) is 0 Å². The Hall–Kier alpha value is -1.42. The Morgan fingerprint density at radius 3 is 2.33 bits per heavy atom. The van der Waals surface area contributed by atoms with E-state index in [4.69, 9.17) is 10.8 Å². The van der Waals surface area contributed by atoms with Crippen molar-refractivity contribution in [2.75, 3.05) is 0 Å². The minimum absolute atomic E-state index is 0.187. The van der Waals surface area contributed by atoms with Gasteiger partial charge in [-0.15, -0.1) is 0 Å². The van der Waals surface area contributed by atoms with Crippen LogP contribution in [0.4, 0.5) is 4.39 Å². The molecule has 0 heterocycles. The predicted octanol–water partition coefficient (Wildman–Crippen LogP) is 2.69. The van der Waals surface area contributed by atoms with Crippen molar-refractivity contribution < 1.29 is 14.3 Å². The fourth-order valence-electron chi connectivity index (χ4n) is 2.55. The topological polar surface area (TPSA) is 63.3 Å². The molecular formula is C14H20FNO2. The molecule has 100 valence electrons. The van der Waals surface area contributed by atoms with E-state index >= 15 is 0 Å². The second-order valence-corrected chi connectivity index (χ2v) is 5.21. The Labute approximate surface area is 107 Å². The van der Waals surface area contributed by atoms with Crippen molar-refractivity contribution in [2.24, 2.45) is 5.73 Å². The summed E-state index contributed by atoms with van der Waals surface area (Å²) >= 11 is 0. The zero-order chi connectivity index (χ0) is 14.0. The number of halogens is 1. The third-order valence-electron chi connectivity index (χ3n) is 3.68. The first-order valence-corrected chi connectivity index (χ1v) is 6.00. The van der Waals surface area contributed by atoms with E-state index in [1.165, 1.54) is 6.07 Å². The van der Waals surface area contributed by atoms with E-state index < -0.39 is 22.7 Å². The first-order chi connectivity index (χ1) is 8.24. The molecule has 0 radical (unpaired) electrons. The molecule has 0 aromatic heterocycles. The smallest absolute Gasteiger partial charge is 0.304 e. The van der Waals surface area contributed by atoms with Crippen LogP contribution in [0.2, 0.25) is 0 Å². The van der Waals surface area contributed by atoms with Crippen LogP contribution in [-0.2, 0) is 10.2 Å². The lowest BCUT2D eigenvalue weighted by molar-refractivity contribution is -0.139. The maximum atomic E-state index is 14.0. The summed E-state index contributed by atoms with van der Waals surface area (Å²) in [5, 5.41) is 9.12. The van der Waals surface area contributed by atoms with E-state index in [1.807, 2.05) is 6.92 Å². The summed E-state index contributed by atoms with van der Waals surface area (Å²) in [6, 6.07) is 6.25. The second kappa shape index (κ2) is 5.06. The van der Waals surface area contributed by atoms with Crippen molar-refractivity contribution in [3.63, 3.8) is 0 Å². The number of nitrogens with two attached hydrogens (primary N) is 1. The monoisotopic (exact) mass is 253 g/mol. The molecule has 1 unspecified atom stereocenters. The molecule has 4 heteroatoms. The van der Waals surface area contributed by atoms with Gasteiger partial charge in [0.15, 0.2) is 0 Å². The first-order valence-electron chi connectivity index (χ1n) is 6.00. The number of hydrogen-bond acceptors (Lipinski definition) is 2. The molecule has 0 fully saturated rings. The molecule has 0 bridgehead atoms. The van der Waals surface area contributed by atoms with Crippen molar-refractivity contribution in [1.82, 2.24) is 0 Å². The summed E-state index contributed by atoms with van der Waals surface area (Å²) in [5.41, 5.74) is 4.78. The van der Waals surface area contributed by atoms with Crippen LogP contribution in [0.1, 0.15) is 39.2 Å². The van der Waals surface area contributed by atoms with Crippen LogP contribution in [0.15, 0.2) is 24.3 Å². The molecule has 0 saturated heterocycles. The van der Waals surface area contributed by atoms with Crippen LogP contribution in [0.3, 0.4) is 0 Å². The van der Waals surface area contributed by atoms with Crippen molar-refractivity contribution in [1.29, 1.82) is 0 Å². The minimum Gasteiger partial charge on any atom is -0.481 e. The number of hydrogen-bond donors (Lipinski definition) is 2. The molecule has 0 saturated carbocycles. The van der Waals surface area contributed by atoms with Gasteiger partial charge in [0.1, 0.15) is 5.82 Å². The van der Waals surface area contributed by atoms with Gasteiger partial charge in [-0.25, -0.2) is 4.39 Å². The van der Waals surface area contributed by atoms with Gasteiger partial charge in [0.05, 0.1) is 6.42 Å². The number of carboxylic acids is 1. The van der Waals surface area contributed by atoms with Gasteiger partial charge in [-0.05, 0) is 31.9 Å². The Morgan fingerprint density at radius 1 is 1.39 bits per heavy atom. The predicted molar refractivity (Wildman–Crippen MR) is 68.9 cm³/mol. The molecule has 0 aliphatic heterocycles. The van der Waals surface area contributed by atoms with E-state index in [9.17, 15) is 9.18 Å². The van der Waals surface area contributed by atoms with Gasteiger partial charge in [0.2, 0.25) is 0 Å². The highest BCUT2D eigenvalue weighted by molar-refractivity contribution is 5.69. The SMILES string of the molecule is CCC(CC(=O)O)(c1ccccc1F)C(C)(C)N. The van der Waals surface area contributed by atoms with Gasteiger partial charge in [-0.3, -0.25) is 4.79 Å². The summed E-state index contributed by atoms with van der Waals surface area (Å²) < 4.78 is 14.0. The number of rotatable bonds is 5. The highest BCUT2D eigenvalue weighted by atomic mass is 19.1. The van der Waals surface area contributed by atoms with Crippen LogP contribution in [0.5, 0.6) is 0 Å². The van der Waals surface area contributed by atoms with Gasteiger partial charge in [-0.1, -0.05) is 25.1 Å². The lowest BCUT2D eigenvalue weighted by Gasteiger charge is -2.43. The Balaban J connectivity index is 3.45. The lowest BCUT2D eigenvalue weighted by Crippen LogP contribution is -2.55. The molecule has 0 aliphatic rings. The molecule has 1 aromatic rings. The standard InChI is InChI=1S/C14H20FNO2/c1-4-14(9-12(17)18,13(2,3)16)10-7-5-6-8-11(10)15/h5-8H,4,9,16H2,1-3H3,(H,17,18). The third-order valence-corrected chi connectivity index (χ3v) is 3.68. The minimum atomic E-state index is -0.973. The molecule has 0 amide bonds. The highest BCUT2D eigenvalue weighted by Gasteiger charge is 2.45. The quantitative estimate of drug-likeness (QED) is 0.848. The molecule has 0 aliphatic carbocycles. The molecule has 0 spiro atoms. The Kier molecular flexibility index (Phi) is 4.12. The average molecular weight is 253 g/mol. The van der Waals surface area contributed by atoms with Crippen molar-refractivity contribution >= 4 is 5.97 Å². The number of benzene rings is 1. The summed E-state index contributed by atoms with van der Waals surface area (Å²) in [6.07, 6.45) is 0.275. The fraction of sp³-hybridized carbons (Fsp3) is 0.500. The molecular weight excluding hydrogens is 233 g/mol. The molecule has 1 aromatic carbocycles. The van der Waals surface area contributed by atoms with Gasteiger partial charge in [-0.2, -0.15) is 0 Å². The Bertz CT molecular complexity index is 440. The molecule has 3 nitrogen and oxygen atoms in total. The third kappa shape index (κ3) is 2.53. The van der Waals surface area contributed by atoms with Crippen molar-refractivity contribution in [2.45, 2.75) is 44.6 Å². The van der Waals surface area contributed by atoms with Crippen LogP contribution in [-0.4, -0.2) is 16.6 Å². The molecule has 1 rings (SSSR count). The maximum absolute atomic E-state index is 14.0. The van der Waals surface area contributed by atoms with E-state index in [2.05, 4.69) is 0 Å². The van der Waals surface area contributed by atoms with Crippen LogP contribution in [0, 0.1) is 5.82 Å². The van der Waals surface area contributed by atoms with E-state index in [0.29, 0.717) is 12.0 Å². The maximum Gasteiger partial charge on any atom is 0.304 e. The largest absolute Gasteiger partial charge is 0.481 e. The fourth-order valence-corrected chi connectivity index (χ4v) is 2.55. The van der Waals surface area contributed by atoms with E-state index in [-0.39, 0.29) is 6.42 Å². The molecule has 18 heavy (non-hydrogen) atoms. The van der Waals surface area contributed by atoms with Crippen LogP contribution < -0.4 is 5.73 Å². The lowest BCUT2D eigenvalue weighted by atomic mass is 9.63. The van der Waals surface area contributed by atoms with E-state index in [1.54, 1.807) is 32.0 Å².